The molecule has 0 aromatic carbocycles. The van der Waals surface area contributed by atoms with Crippen molar-refractivity contribution >= 4 is 11.8 Å². The Morgan fingerprint density at radius 2 is 2.08 bits per heavy atom. The first-order valence-corrected chi connectivity index (χ1v) is 5.33. The summed E-state index contributed by atoms with van der Waals surface area (Å²) in [4.78, 5) is 0. The molecule has 1 unspecified atom stereocenters. The second-order valence-corrected chi connectivity index (χ2v) is 4.41. The molecule has 4 atom stereocenters. The first-order valence-electron chi connectivity index (χ1n) is 4.28. The Bertz CT molecular complexity index is 142. The zero-order valence-electron chi connectivity index (χ0n) is 7.43. The average molecular weight is 192 g/mol. The van der Waals surface area contributed by atoms with Crippen molar-refractivity contribution in [3.63, 3.8) is 0 Å². The Morgan fingerprint density at radius 1 is 1.42 bits per heavy atom. The van der Waals surface area contributed by atoms with E-state index in [4.69, 9.17) is 4.74 Å². The van der Waals surface area contributed by atoms with Crippen molar-refractivity contribution in [2.45, 2.75) is 44.0 Å². The normalized spacial score (nSPS) is 43.0. The predicted molar refractivity (Wildman–Crippen MR) is 49.1 cm³/mol. The molecule has 2 N–H and O–H groups in total. The fraction of sp³-hybridized carbons (Fsp3) is 1.00. The summed E-state index contributed by atoms with van der Waals surface area (Å²) in [5, 5.41) is 18.8. The quantitative estimate of drug-likeness (QED) is 0.672. The summed E-state index contributed by atoms with van der Waals surface area (Å²) in [6, 6.07) is 0. The summed E-state index contributed by atoms with van der Waals surface area (Å²) in [6.07, 6.45) is -0.772. The summed E-state index contributed by atoms with van der Waals surface area (Å²) in [7, 11) is 0. The summed E-state index contributed by atoms with van der Waals surface area (Å²) in [5.41, 5.74) is -0.159. The van der Waals surface area contributed by atoms with Crippen LogP contribution in [-0.4, -0.2) is 39.7 Å². The van der Waals surface area contributed by atoms with E-state index in [1.807, 2.05) is 13.8 Å². The first-order chi connectivity index (χ1) is 5.65. The van der Waals surface area contributed by atoms with Crippen molar-refractivity contribution < 1.29 is 14.9 Å². The Morgan fingerprint density at radius 3 is 2.67 bits per heavy atom. The molecule has 0 bridgehead atoms. The second kappa shape index (κ2) is 4.46. The highest BCUT2D eigenvalue weighted by molar-refractivity contribution is 7.99. The van der Waals surface area contributed by atoms with Crippen LogP contribution in [-0.2, 0) is 4.74 Å². The first kappa shape index (κ1) is 10.3. The van der Waals surface area contributed by atoms with Crippen LogP contribution in [0.3, 0.4) is 0 Å². The van der Waals surface area contributed by atoms with E-state index in [-0.39, 0.29) is 11.5 Å². The summed E-state index contributed by atoms with van der Waals surface area (Å²) in [6.45, 7) is 3.86. The molecule has 1 saturated heterocycles. The van der Waals surface area contributed by atoms with Gasteiger partial charge in [-0.3, -0.25) is 0 Å². The van der Waals surface area contributed by atoms with Gasteiger partial charge >= 0.3 is 0 Å². The highest BCUT2D eigenvalue weighted by Gasteiger charge is 2.33. The molecular formula is C8H16O3S. The number of rotatable bonds is 2. The molecular weight excluding hydrogens is 176 g/mol. The molecule has 12 heavy (non-hydrogen) atoms. The van der Waals surface area contributed by atoms with Crippen molar-refractivity contribution in [1.82, 2.24) is 0 Å². The van der Waals surface area contributed by atoms with Gasteiger partial charge < -0.3 is 14.9 Å². The third-order valence-electron chi connectivity index (χ3n) is 2.02. The van der Waals surface area contributed by atoms with Crippen LogP contribution in [0.4, 0.5) is 0 Å². The van der Waals surface area contributed by atoms with Gasteiger partial charge in [-0.15, -0.1) is 11.8 Å². The minimum atomic E-state index is -0.527. The van der Waals surface area contributed by atoms with E-state index in [9.17, 15) is 10.2 Å². The maximum Gasteiger partial charge on any atom is 0.129 e. The largest absolute Gasteiger partial charge is 0.390 e. The van der Waals surface area contributed by atoms with Crippen molar-refractivity contribution in [2.24, 2.45) is 0 Å². The topological polar surface area (TPSA) is 49.7 Å². The van der Waals surface area contributed by atoms with Crippen LogP contribution in [0, 0.1) is 0 Å². The third kappa shape index (κ3) is 2.36. The van der Waals surface area contributed by atoms with Crippen LogP contribution in [0.15, 0.2) is 0 Å². The van der Waals surface area contributed by atoms with Gasteiger partial charge in [0.05, 0.1) is 18.3 Å². The summed E-state index contributed by atoms with van der Waals surface area (Å²) < 4.78 is 5.41. The van der Waals surface area contributed by atoms with Gasteiger partial charge in [-0.2, -0.15) is 0 Å². The monoisotopic (exact) mass is 192 g/mol. The third-order valence-corrected chi connectivity index (χ3v) is 3.11. The maximum atomic E-state index is 9.48. The van der Waals surface area contributed by atoms with Gasteiger partial charge in [0, 0.05) is 6.42 Å². The lowest BCUT2D eigenvalue weighted by atomic mass is 10.1. The molecule has 3 nitrogen and oxygen atoms in total. The van der Waals surface area contributed by atoms with Crippen LogP contribution >= 0.6 is 11.8 Å². The lowest BCUT2D eigenvalue weighted by molar-refractivity contribution is -0.129. The van der Waals surface area contributed by atoms with Crippen LogP contribution in [0.5, 0.6) is 0 Å². The predicted octanol–water partition coefficient (Wildman–Crippen LogP) is 0.596. The molecule has 0 aromatic rings. The van der Waals surface area contributed by atoms with Crippen LogP contribution in [0.25, 0.3) is 0 Å². The fourth-order valence-electron chi connectivity index (χ4n) is 1.26. The van der Waals surface area contributed by atoms with Crippen LogP contribution in [0.2, 0.25) is 0 Å². The van der Waals surface area contributed by atoms with Gasteiger partial charge in [-0.05, 0) is 12.7 Å². The molecule has 0 aliphatic carbocycles. The molecule has 0 spiro atoms. The molecule has 0 saturated carbocycles. The minimum Gasteiger partial charge on any atom is -0.390 e. The van der Waals surface area contributed by atoms with Gasteiger partial charge in [0.15, 0.2) is 0 Å². The smallest absolute Gasteiger partial charge is 0.129 e. The molecule has 1 aliphatic heterocycles. The molecule has 0 radical (unpaired) electrons. The van der Waals surface area contributed by atoms with Gasteiger partial charge in [0.2, 0.25) is 0 Å². The molecule has 1 heterocycles. The van der Waals surface area contributed by atoms with Gasteiger partial charge in [-0.25, -0.2) is 0 Å². The number of aliphatic hydroxyl groups is 2. The van der Waals surface area contributed by atoms with E-state index in [0.717, 1.165) is 5.75 Å². The van der Waals surface area contributed by atoms with E-state index in [1.54, 1.807) is 11.8 Å². The van der Waals surface area contributed by atoms with E-state index in [0.29, 0.717) is 6.42 Å². The highest BCUT2D eigenvalue weighted by Crippen LogP contribution is 2.27. The van der Waals surface area contributed by atoms with Crippen molar-refractivity contribution in [2.75, 3.05) is 5.75 Å². The van der Waals surface area contributed by atoms with Crippen molar-refractivity contribution in [1.29, 1.82) is 0 Å². The Hall–Kier alpha value is 0.230. The van der Waals surface area contributed by atoms with E-state index in [1.165, 1.54) is 0 Å². The van der Waals surface area contributed by atoms with E-state index >= 15 is 0 Å². The lowest BCUT2D eigenvalue weighted by Crippen LogP contribution is -2.44. The maximum absolute atomic E-state index is 9.48. The fourth-order valence-corrected chi connectivity index (χ4v) is 2.17. The standard InChI is InChI=1S/C8H16O3S/c1-3-12-8-7(10)4-6(9)5(2)11-8/h5-10H,3-4H2,1-2H3/t5-,6-,7-,8?/m1/s1. The summed E-state index contributed by atoms with van der Waals surface area (Å²) >= 11 is 1.58. The van der Waals surface area contributed by atoms with Gasteiger partial charge in [0.25, 0.3) is 0 Å². The molecule has 0 amide bonds. The Labute approximate surface area is 77.1 Å². The minimum absolute atomic E-state index is 0.155. The zero-order valence-corrected chi connectivity index (χ0v) is 8.25. The van der Waals surface area contributed by atoms with E-state index in [2.05, 4.69) is 0 Å². The molecule has 1 rings (SSSR count). The number of ether oxygens (including phenoxy) is 1. The number of aliphatic hydroxyl groups excluding tert-OH is 2. The summed E-state index contributed by atoms with van der Waals surface area (Å²) in [5.74, 6) is 0.921. The molecule has 1 fully saturated rings. The van der Waals surface area contributed by atoms with Gasteiger partial charge in [0.1, 0.15) is 5.44 Å². The highest BCUT2D eigenvalue weighted by atomic mass is 32.2. The lowest BCUT2D eigenvalue weighted by Gasteiger charge is -2.35. The van der Waals surface area contributed by atoms with Crippen molar-refractivity contribution in [3.8, 4) is 0 Å². The van der Waals surface area contributed by atoms with Crippen molar-refractivity contribution in [3.05, 3.63) is 0 Å². The molecule has 1 aliphatic rings. The Kier molecular flexibility index (Phi) is 3.83. The average Bonchev–Trinajstić information content (AvgIpc) is 2.01. The number of thioether (sulfide) groups is 1. The van der Waals surface area contributed by atoms with Crippen LogP contribution < -0.4 is 0 Å². The van der Waals surface area contributed by atoms with E-state index < -0.39 is 12.2 Å². The molecule has 72 valence electrons. The SMILES string of the molecule is CCSC1O[C@H](C)[C@H](O)C[C@H]1O. The second-order valence-electron chi connectivity index (χ2n) is 3.04. The van der Waals surface area contributed by atoms with Crippen LogP contribution in [0.1, 0.15) is 20.3 Å². The molecule has 0 aromatic heterocycles. The number of hydrogen-bond donors (Lipinski definition) is 2. The number of hydrogen-bond acceptors (Lipinski definition) is 4. The zero-order chi connectivity index (χ0) is 9.14. The van der Waals surface area contributed by atoms with Gasteiger partial charge in [-0.1, -0.05) is 6.92 Å². The Balaban J connectivity index is 2.43. The molecule has 4 heteroatoms.